The van der Waals surface area contributed by atoms with Crippen LogP contribution in [0.5, 0.6) is 0 Å². The molecule has 0 aromatic heterocycles. The van der Waals surface area contributed by atoms with Crippen LogP contribution in [0.3, 0.4) is 0 Å². The maximum absolute atomic E-state index is 12.7. The van der Waals surface area contributed by atoms with E-state index in [0.29, 0.717) is 18.8 Å². The van der Waals surface area contributed by atoms with Crippen molar-refractivity contribution >= 4 is 17.3 Å². The fourth-order valence-electron chi connectivity index (χ4n) is 1.96. The zero-order valence-electron chi connectivity index (χ0n) is 12.1. The van der Waals surface area contributed by atoms with Crippen LogP contribution in [-0.4, -0.2) is 30.4 Å². The van der Waals surface area contributed by atoms with Gasteiger partial charge in [-0.25, -0.2) is 0 Å². The SMILES string of the molecule is CCN(CC)C(=O)CCNc1ccc(N)c(C(F)(F)F)c1. The summed E-state index contributed by atoms with van der Waals surface area (Å²) in [5.74, 6) is -0.0287. The standard InChI is InChI=1S/C14H20F3N3O/c1-3-20(4-2)13(21)7-8-19-10-5-6-12(18)11(9-10)14(15,16)17/h5-6,9,19H,3-4,7-8,18H2,1-2H3. The van der Waals surface area contributed by atoms with Gasteiger partial charge in [0.05, 0.1) is 5.56 Å². The van der Waals surface area contributed by atoms with Gasteiger partial charge in [0.1, 0.15) is 0 Å². The predicted molar refractivity (Wildman–Crippen MR) is 76.9 cm³/mol. The van der Waals surface area contributed by atoms with Crippen LogP contribution in [0.2, 0.25) is 0 Å². The third-order valence-corrected chi connectivity index (χ3v) is 3.14. The molecule has 0 unspecified atom stereocenters. The van der Waals surface area contributed by atoms with E-state index < -0.39 is 11.7 Å². The van der Waals surface area contributed by atoms with Gasteiger partial charge in [0.2, 0.25) is 5.91 Å². The summed E-state index contributed by atoms with van der Waals surface area (Å²) in [6.45, 7) is 5.27. The van der Waals surface area contributed by atoms with Gasteiger partial charge in [0.15, 0.2) is 0 Å². The average Bonchev–Trinajstić information content (AvgIpc) is 2.40. The molecule has 1 amide bonds. The molecular formula is C14H20F3N3O. The van der Waals surface area contributed by atoms with E-state index in [0.717, 1.165) is 6.07 Å². The van der Waals surface area contributed by atoms with Gasteiger partial charge >= 0.3 is 6.18 Å². The molecule has 3 N–H and O–H groups in total. The molecule has 0 saturated carbocycles. The van der Waals surface area contributed by atoms with E-state index in [1.165, 1.54) is 12.1 Å². The lowest BCUT2D eigenvalue weighted by Gasteiger charge is -2.19. The Bertz CT molecular complexity index is 485. The quantitative estimate of drug-likeness (QED) is 0.794. The molecule has 4 nitrogen and oxygen atoms in total. The summed E-state index contributed by atoms with van der Waals surface area (Å²) in [5.41, 5.74) is 4.43. The van der Waals surface area contributed by atoms with Crippen molar-refractivity contribution < 1.29 is 18.0 Å². The summed E-state index contributed by atoms with van der Waals surface area (Å²) in [7, 11) is 0. The first-order chi connectivity index (χ1) is 9.79. The van der Waals surface area contributed by atoms with Crippen molar-refractivity contribution in [3.05, 3.63) is 23.8 Å². The Balaban J connectivity index is 2.63. The summed E-state index contributed by atoms with van der Waals surface area (Å²) in [6.07, 6.45) is -4.26. The van der Waals surface area contributed by atoms with Gasteiger partial charge in [0.25, 0.3) is 0 Å². The summed E-state index contributed by atoms with van der Waals surface area (Å²) in [5, 5.41) is 2.82. The molecule has 0 heterocycles. The molecule has 0 aliphatic carbocycles. The highest BCUT2D eigenvalue weighted by Crippen LogP contribution is 2.35. The van der Waals surface area contributed by atoms with Crippen LogP contribution in [0.25, 0.3) is 0 Å². The molecule has 0 radical (unpaired) electrons. The minimum atomic E-state index is -4.49. The Labute approximate surface area is 122 Å². The van der Waals surface area contributed by atoms with Gasteiger partial charge in [0, 0.05) is 37.4 Å². The van der Waals surface area contributed by atoms with Crippen molar-refractivity contribution in [1.82, 2.24) is 4.90 Å². The van der Waals surface area contributed by atoms with Crippen LogP contribution >= 0.6 is 0 Å². The van der Waals surface area contributed by atoms with Gasteiger partial charge in [-0.05, 0) is 32.0 Å². The second-order valence-electron chi connectivity index (χ2n) is 4.54. The van der Waals surface area contributed by atoms with Gasteiger partial charge in [-0.1, -0.05) is 0 Å². The first-order valence-electron chi connectivity index (χ1n) is 6.78. The molecule has 1 rings (SSSR count). The number of hydrogen-bond acceptors (Lipinski definition) is 3. The monoisotopic (exact) mass is 303 g/mol. The molecule has 0 atom stereocenters. The highest BCUT2D eigenvalue weighted by molar-refractivity contribution is 5.76. The number of nitrogens with one attached hydrogen (secondary N) is 1. The van der Waals surface area contributed by atoms with Crippen LogP contribution in [-0.2, 0) is 11.0 Å². The number of carbonyl (C=O) groups excluding carboxylic acids is 1. The van der Waals surface area contributed by atoms with E-state index >= 15 is 0 Å². The number of rotatable bonds is 6. The van der Waals surface area contributed by atoms with Gasteiger partial charge < -0.3 is 16.0 Å². The Morgan fingerprint density at radius 2 is 1.90 bits per heavy atom. The number of nitrogen functional groups attached to an aromatic ring is 1. The molecule has 0 fully saturated rings. The van der Waals surface area contributed by atoms with E-state index in [-0.39, 0.29) is 24.6 Å². The van der Waals surface area contributed by atoms with E-state index in [2.05, 4.69) is 5.32 Å². The number of hydrogen-bond donors (Lipinski definition) is 2. The second-order valence-corrected chi connectivity index (χ2v) is 4.54. The molecule has 1 aromatic rings. The number of amides is 1. The molecular weight excluding hydrogens is 283 g/mol. The van der Waals surface area contributed by atoms with Gasteiger partial charge in [-0.2, -0.15) is 13.2 Å². The highest BCUT2D eigenvalue weighted by atomic mass is 19.4. The minimum Gasteiger partial charge on any atom is -0.398 e. The largest absolute Gasteiger partial charge is 0.418 e. The Morgan fingerprint density at radius 3 is 2.43 bits per heavy atom. The lowest BCUT2D eigenvalue weighted by Crippen LogP contribution is -2.31. The Kier molecular flexibility index (Phi) is 5.87. The molecule has 0 bridgehead atoms. The number of nitrogens with two attached hydrogens (primary N) is 1. The molecule has 0 saturated heterocycles. The van der Waals surface area contributed by atoms with Crippen molar-refractivity contribution in [3.63, 3.8) is 0 Å². The molecule has 0 aliphatic heterocycles. The number of anilines is 2. The van der Waals surface area contributed by atoms with Crippen molar-refractivity contribution in [1.29, 1.82) is 0 Å². The zero-order chi connectivity index (χ0) is 16.0. The zero-order valence-corrected chi connectivity index (χ0v) is 12.1. The molecule has 1 aromatic carbocycles. The topological polar surface area (TPSA) is 58.4 Å². The number of nitrogens with zero attached hydrogens (tertiary/aromatic N) is 1. The van der Waals surface area contributed by atoms with Crippen LogP contribution < -0.4 is 11.1 Å². The summed E-state index contributed by atoms with van der Waals surface area (Å²) in [4.78, 5) is 13.4. The average molecular weight is 303 g/mol. The maximum Gasteiger partial charge on any atom is 0.418 e. The van der Waals surface area contributed by atoms with E-state index in [1.807, 2.05) is 13.8 Å². The lowest BCUT2D eigenvalue weighted by atomic mass is 10.1. The van der Waals surface area contributed by atoms with Crippen molar-refractivity contribution in [2.75, 3.05) is 30.7 Å². The lowest BCUT2D eigenvalue weighted by molar-refractivity contribution is -0.137. The number of halogens is 3. The number of alkyl halides is 3. The molecule has 0 spiro atoms. The summed E-state index contributed by atoms with van der Waals surface area (Å²) >= 11 is 0. The van der Waals surface area contributed by atoms with Crippen molar-refractivity contribution in [2.45, 2.75) is 26.4 Å². The van der Waals surface area contributed by atoms with Crippen molar-refractivity contribution in [3.8, 4) is 0 Å². The Morgan fingerprint density at radius 1 is 1.29 bits per heavy atom. The van der Waals surface area contributed by atoms with Crippen LogP contribution in [0.1, 0.15) is 25.8 Å². The fraction of sp³-hybridized carbons (Fsp3) is 0.500. The molecule has 7 heteroatoms. The Hall–Kier alpha value is -1.92. The molecule has 118 valence electrons. The fourth-order valence-corrected chi connectivity index (χ4v) is 1.96. The normalized spacial score (nSPS) is 11.3. The van der Waals surface area contributed by atoms with E-state index in [4.69, 9.17) is 5.73 Å². The first kappa shape index (κ1) is 17.1. The second kappa shape index (κ2) is 7.19. The highest BCUT2D eigenvalue weighted by Gasteiger charge is 2.33. The summed E-state index contributed by atoms with van der Waals surface area (Å²) < 4.78 is 38.1. The number of carbonyl (C=O) groups is 1. The maximum atomic E-state index is 12.7. The van der Waals surface area contributed by atoms with Gasteiger partial charge in [-0.15, -0.1) is 0 Å². The van der Waals surface area contributed by atoms with E-state index in [1.54, 1.807) is 4.90 Å². The van der Waals surface area contributed by atoms with Crippen LogP contribution in [0.15, 0.2) is 18.2 Å². The van der Waals surface area contributed by atoms with Crippen LogP contribution in [0.4, 0.5) is 24.5 Å². The first-order valence-corrected chi connectivity index (χ1v) is 6.78. The van der Waals surface area contributed by atoms with Crippen molar-refractivity contribution in [2.24, 2.45) is 0 Å². The smallest absolute Gasteiger partial charge is 0.398 e. The minimum absolute atomic E-state index is 0.0287. The van der Waals surface area contributed by atoms with Crippen LogP contribution in [0, 0.1) is 0 Å². The third-order valence-electron chi connectivity index (χ3n) is 3.14. The molecule has 0 aliphatic rings. The molecule has 21 heavy (non-hydrogen) atoms. The summed E-state index contributed by atoms with van der Waals surface area (Å²) in [6, 6.07) is 3.63. The van der Waals surface area contributed by atoms with Gasteiger partial charge in [-0.3, -0.25) is 4.79 Å². The third kappa shape index (κ3) is 4.84. The number of benzene rings is 1. The van der Waals surface area contributed by atoms with E-state index in [9.17, 15) is 18.0 Å². The predicted octanol–water partition coefficient (Wildman–Crippen LogP) is 2.96.